The van der Waals surface area contributed by atoms with Gasteiger partial charge in [0.2, 0.25) is 5.91 Å². The van der Waals surface area contributed by atoms with Crippen molar-refractivity contribution in [1.82, 2.24) is 10.2 Å². The molecule has 1 amide bonds. The first-order valence-corrected chi connectivity index (χ1v) is 5.68. The highest BCUT2D eigenvalue weighted by Gasteiger charge is 2.31. The van der Waals surface area contributed by atoms with Crippen LogP contribution in [0, 0.1) is 5.92 Å². The summed E-state index contributed by atoms with van der Waals surface area (Å²) >= 11 is 0. The largest absolute Gasteiger partial charge is 0.396 e. The minimum Gasteiger partial charge on any atom is -0.396 e. The summed E-state index contributed by atoms with van der Waals surface area (Å²) in [6.07, 6.45) is 1.59. The molecule has 0 spiro atoms. The highest BCUT2D eigenvalue weighted by Crippen LogP contribution is 2.13. The molecule has 0 radical (unpaired) electrons. The van der Waals surface area contributed by atoms with Crippen molar-refractivity contribution < 1.29 is 9.90 Å². The van der Waals surface area contributed by atoms with E-state index in [1.165, 1.54) is 0 Å². The molecule has 4 heteroatoms. The number of likely N-dealkylation sites (N-methyl/N-ethyl adjacent to an activating group) is 1. The zero-order valence-corrected chi connectivity index (χ0v) is 9.86. The minimum atomic E-state index is -0.0473. The molecule has 1 fully saturated rings. The first-order valence-electron chi connectivity index (χ1n) is 5.68. The van der Waals surface area contributed by atoms with Gasteiger partial charge >= 0.3 is 0 Å². The molecule has 0 bridgehead atoms. The van der Waals surface area contributed by atoms with E-state index in [4.69, 9.17) is 5.11 Å². The zero-order valence-electron chi connectivity index (χ0n) is 9.86. The Morgan fingerprint density at radius 2 is 2.27 bits per heavy atom. The van der Waals surface area contributed by atoms with Gasteiger partial charge in [-0.1, -0.05) is 13.8 Å². The molecule has 2 atom stereocenters. The number of likely N-dealkylation sites (tertiary alicyclic amines) is 1. The van der Waals surface area contributed by atoms with E-state index in [0.29, 0.717) is 12.3 Å². The van der Waals surface area contributed by atoms with E-state index in [-0.39, 0.29) is 24.6 Å². The second-order valence-electron chi connectivity index (χ2n) is 4.63. The van der Waals surface area contributed by atoms with Crippen molar-refractivity contribution in [2.24, 2.45) is 5.92 Å². The Labute approximate surface area is 91.6 Å². The van der Waals surface area contributed by atoms with Crippen LogP contribution in [-0.4, -0.2) is 48.2 Å². The fraction of sp³-hybridized carbons (Fsp3) is 0.909. The summed E-state index contributed by atoms with van der Waals surface area (Å²) in [5.74, 6) is 0.620. The molecule has 1 heterocycles. The van der Waals surface area contributed by atoms with Crippen LogP contribution in [0.25, 0.3) is 0 Å². The number of carbonyl (C=O) groups excluding carboxylic acids is 1. The number of aliphatic hydroxyl groups excluding tert-OH is 1. The SMILES string of the molecule is CC(C)C(CCO)NC1CCN(C)C1=O. The monoisotopic (exact) mass is 214 g/mol. The van der Waals surface area contributed by atoms with Gasteiger partial charge in [0, 0.05) is 26.2 Å². The lowest BCUT2D eigenvalue weighted by Gasteiger charge is -2.24. The highest BCUT2D eigenvalue weighted by atomic mass is 16.3. The van der Waals surface area contributed by atoms with Gasteiger partial charge in [0.15, 0.2) is 0 Å². The Morgan fingerprint density at radius 3 is 2.67 bits per heavy atom. The lowest BCUT2D eigenvalue weighted by Crippen LogP contribution is -2.45. The van der Waals surface area contributed by atoms with Gasteiger partial charge in [-0.15, -0.1) is 0 Å². The van der Waals surface area contributed by atoms with Crippen molar-refractivity contribution in [2.75, 3.05) is 20.2 Å². The van der Waals surface area contributed by atoms with Crippen LogP contribution in [0.3, 0.4) is 0 Å². The van der Waals surface area contributed by atoms with E-state index in [9.17, 15) is 4.79 Å². The number of nitrogens with zero attached hydrogens (tertiary/aromatic N) is 1. The summed E-state index contributed by atoms with van der Waals surface area (Å²) in [7, 11) is 1.83. The summed E-state index contributed by atoms with van der Waals surface area (Å²) in [4.78, 5) is 13.4. The van der Waals surface area contributed by atoms with Gasteiger partial charge in [0.1, 0.15) is 0 Å². The van der Waals surface area contributed by atoms with Crippen molar-refractivity contribution in [3.05, 3.63) is 0 Å². The molecule has 0 aromatic carbocycles. The molecule has 1 rings (SSSR count). The van der Waals surface area contributed by atoms with Crippen LogP contribution in [0.2, 0.25) is 0 Å². The molecule has 0 saturated carbocycles. The van der Waals surface area contributed by atoms with Crippen LogP contribution in [0.1, 0.15) is 26.7 Å². The fourth-order valence-electron chi connectivity index (χ4n) is 1.98. The first-order chi connectivity index (χ1) is 7.06. The van der Waals surface area contributed by atoms with Crippen LogP contribution < -0.4 is 5.32 Å². The minimum absolute atomic E-state index is 0.0473. The van der Waals surface area contributed by atoms with Crippen molar-refractivity contribution >= 4 is 5.91 Å². The second kappa shape index (κ2) is 5.47. The summed E-state index contributed by atoms with van der Waals surface area (Å²) in [6.45, 7) is 5.22. The van der Waals surface area contributed by atoms with Gasteiger partial charge in [-0.2, -0.15) is 0 Å². The maximum absolute atomic E-state index is 11.7. The van der Waals surface area contributed by atoms with Crippen LogP contribution in [0.15, 0.2) is 0 Å². The number of amides is 1. The summed E-state index contributed by atoms with van der Waals surface area (Å²) < 4.78 is 0. The fourth-order valence-corrected chi connectivity index (χ4v) is 1.98. The van der Waals surface area contributed by atoms with E-state index >= 15 is 0 Å². The number of hydrogen-bond donors (Lipinski definition) is 2. The van der Waals surface area contributed by atoms with Gasteiger partial charge in [-0.3, -0.25) is 4.79 Å². The zero-order chi connectivity index (χ0) is 11.4. The topological polar surface area (TPSA) is 52.6 Å². The van der Waals surface area contributed by atoms with Gasteiger partial charge in [0.25, 0.3) is 0 Å². The molecule has 88 valence electrons. The Kier molecular flexibility index (Phi) is 4.54. The molecule has 15 heavy (non-hydrogen) atoms. The molecule has 1 saturated heterocycles. The van der Waals surface area contributed by atoms with Crippen molar-refractivity contribution in [2.45, 2.75) is 38.8 Å². The normalized spacial score (nSPS) is 23.9. The average molecular weight is 214 g/mol. The Balaban J connectivity index is 2.48. The van der Waals surface area contributed by atoms with Crippen LogP contribution in [0.4, 0.5) is 0 Å². The van der Waals surface area contributed by atoms with Crippen LogP contribution >= 0.6 is 0 Å². The third-order valence-electron chi connectivity index (χ3n) is 3.09. The third kappa shape index (κ3) is 3.18. The number of hydrogen-bond acceptors (Lipinski definition) is 3. The lowest BCUT2D eigenvalue weighted by molar-refractivity contribution is -0.128. The Morgan fingerprint density at radius 1 is 1.60 bits per heavy atom. The average Bonchev–Trinajstić information content (AvgIpc) is 2.48. The van der Waals surface area contributed by atoms with Crippen molar-refractivity contribution in [3.63, 3.8) is 0 Å². The first kappa shape index (κ1) is 12.5. The maximum atomic E-state index is 11.7. The van der Waals surface area contributed by atoms with E-state index in [2.05, 4.69) is 19.2 Å². The molecule has 0 aromatic heterocycles. The van der Waals surface area contributed by atoms with Gasteiger partial charge in [-0.25, -0.2) is 0 Å². The number of aliphatic hydroxyl groups is 1. The number of nitrogens with one attached hydrogen (secondary N) is 1. The Hall–Kier alpha value is -0.610. The molecule has 2 N–H and O–H groups in total. The van der Waals surface area contributed by atoms with Crippen LogP contribution in [-0.2, 0) is 4.79 Å². The van der Waals surface area contributed by atoms with E-state index < -0.39 is 0 Å². The smallest absolute Gasteiger partial charge is 0.239 e. The highest BCUT2D eigenvalue weighted by molar-refractivity contribution is 5.83. The number of rotatable bonds is 5. The van der Waals surface area contributed by atoms with Crippen LogP contribution in [0.5, 0.6) is 0 Å². The molecule has 1 aliphatic heterocycles. The Bertz CT molecular complexity index is 219. The molecule has 0 aliphatic carbocycles. The third-order valence-corrected chi connectivity index (χ3v) is 3.09. The molecule has 2 unspecified atom stereocenters. The van der Waals surface area contributed by atoms with E-state index in [1.807, 2.05) is 7.05 Å². The predicted octanol–water partition coefficient (Wildman–Crippen LogP) is 0.214. The molecular weight excluding hydrogens is 192 g/mol. The second-order valence-corrected chi connectivity index (χ2v) is 4.63. The summed E-state index contributed by atoms with van der Waals surface area (Å²) in [5.41, 5.74) is 0. The van der Waals surface area contributed by atoms with Crippen molar-refractivity contribution in [1.29, 1.82) is 0 Å². The molecular formula is C11H22N2O2. The predicted molar refractivity (Wildman–Crippen MR) is 59.5 cm³/mol. The quantitative estimate of drug-likeness (QED) is 0.688. The molecule has 0 aromatic rings. The van der Waals surface area contributed by atoms with E-state index in [0.717, 1.165) is 13.0 Å². The van der Waals surface area contributed by atoms with Gasteiger partial charge in [0.05, 0.1) is 6.04 Å². The standard InChI is InChI=1S/C11H22N2O2/c1-8(2)9(5-7-14)12-10-4-6-13(3)11(10)15/h8-10,12,14H,4-7H2,1-3H3. The lowest BCUT2D eigenvalue weighted by atomic mass is 10.00. The number of carbonyl (C=O) groups is 1. The van der Waals surface area contributed by atoms with E-state index in [1.54, 1.807) is 4.90 Å². The molecule has 1 aliphatic rings. The molecule has 4 nitrogen and oxygen atoms in total. The van der Waals surface area contributed by atoms with Gasteiger partial charge in [-0.05, 0) is 18.8 Å². The van der Waals surface area contributed by atoms with Crippen molar-refractivity contribution in [3.8, 4) is 0 Å². The maximum Gasteiger partial charge on any atom is 0.239 e. The summed E-state index contributed by atoms with van der Waals surface area (Å²) in [6, 6.07) is 0.185. The summed E-state index contributed by atoms with van der Waals surface area (Å²) in [5, 5.41) is 12.3. The van der Waals surface area contributed by atoms with Gasteiger partial charge < -0.3 is 15.3 Å².